The molecule has 0 spiro atoms. The predicted octanol–water partition coefficient (Wildman–Crippen LogP) is 2.83. The summed E-state index contributed by atoms with van der Waals surface area (Å²) in [6.45, 7) is 3.97. The number of hydrogen-bond donors (Lipinski definition) is 0. The van der Waals surface area contributed by atoms with Crippen LogP contribution < -0.4 is 4.90 Å². The third-order valence-electron chi connectivity index (χ3n) is 4.64. The van der Waals surface area contributed by atoms with Crippen molar-refractivity contribution in [2.24, 2.45) is 11.8 Å². The Labute approximate surface area is 127 Å². The Balaban J connectivity index is 1.97. The zero-order valence-electron chi connectivity index (χ0n) is 12.4. The topological polar surface area (TPSA) is 80.5 Å². The van der Waals surface area contributed by atoms with Crippen LogP contribution in [0.15, 0.2) is 35.4 Å². The highest BCUT2D eigenvalue weighted by Gasteiger charge is 2.49. The Bertz CT molecular complexity index is 691. The van der Waals surface area contributed by atoms with E-state index < -0.39 is 4.92 Å². The van der Waals surface area contributed by atoms with Gasteiger partial charge in [-0.1, -0.05) is 17.2 Å². The maximum atomic E-state index is 12.6. The fraction of sp³-hybridized carbons (Fsp3) is 0.375. The van der Waals surface area contributed by atoms with E-state index in [1.807, 2.05) is 13.8 Å². The van der Waals surface area contributed by atoms with E-state index in [0.29, 0.717) is 12.8 Å². The third kappa shape index (κ3) is 2.11. The molecule has 0 bridgehead atoms. The smallest absolute Gasteiger partial charge is 0.271 e. The normalized spacial score (nSPS) is 24.7. The Morgan fingerprint density at radius 2 is 1.64 bits per heavy atom. The molecule has 2 aliphatic rings. The van der Waals surface area contributed by atoms with E-state index in [9.17, 15) is 19.7 Å². The zero-order chi connectivity index (χ0) is 16.0. The summed E-state index contributed by atoms with van der Waals surface area (Å²) in [5.74, 6) is -1.17. The number of fused-ring (bicyclic) bond motifs is 1. The lowest BCUT2D eigenvalue weighted by atomic mass is 9.78. The number of amides is 2. The maximum absolute atomic E-state index is 12.6. The van der Waals surface area contributed by atoms with Gasteiger partial charge in [0.1, 0.15) is 0 Å². The van der Waals surface area contributed by atoms with Gasteiger partial charge in [-0.05, 0) is 32.8 Å². The Morgan fingerprint density at radius 3 is 2.14 bits per heavy atom. The van der Waals surface area contributed by atoms with E-state index in [1.54, 1.807) is 6.07 Å². The number of anilines is 1. The van der Waals surface area contributed by atoms with Gasteiger partial charge in [0, 0.05) is 12.1 Å². The molecule has 0 aromatic heterocycles. The van der Waals surface area contributed by atoms with E-state index in [1.165, 1.54) is 18.2 Å². The van der Waals surface area contributed by atoms with Crippen LogP contribution >= 0.6 is 0 Å². The molecule has 1 aliphatic carbocycles. The van der Waals surface area contributed by atoms with E-state index in [0.717, 1.165) is 16.0 Å². The van der Waals surface area contributed by atoms with Crippen molar-refractivity contribution < 1.29 is 14.5 Å². The molecule has 114 valence electrons. The van der Waals surface area contributed by atoms with E-state index >= 15 is 0 Å². The van der Waals surface area contributed by atoms with Crippen LogP contribution in [-0.4, -0.2) is 16.7 Å². The number of nitro benzene ring substituents is 1. The van der Waals surface area contributed by atoms with Gasteiger partial charge in [-0.25, -0.2) is 4.90 Å². The Morgan fingerprint density at radius 1 is 1.09 bits per heavy atom. The maximum Gasteiger partial charge on any atom is 0.271 e. The van der Waals surface area contributed by atoms with Crippen LogP contribution in [0.25, 0.3) is 0 Å². The van der Waals surface area contributed by atoms with Gasteiger partial charge in [0.2, 0.25) is 11.8 Å². The van der Waals surface area contributed by atoms with E-state index in [4.69, 9.17) is 0 Å². The minimum Gasteiger partial charge on any atom is -0.274 e. The summed E-state index contributed by atoms with van der Waals surface area (Å²) in [5.41, 5.74) is 2.47. The summed E-state index contributed by atoms with van der Waals surface area (Å²) in [5, 5.41) is 10.9. The van der Waals surface area contributed by atoms with Crippen LogP contribution in [0.3, 0.4) is 0 Å². The number of hydrogen-bond acceptors (Lipinski definition) is 4. The molecule has 6 heteroatoms. The predicted molar refractivity (Wildman–Crippen MR) is 80.2 cm³/mol. The lowest BCUT2D eigenvalue weighted by Crippen LogP contribution is -2.30. The molecule has 1 aliphatic heterocycles. The van der Waals surface area contributed by atoms with Crippen molar-refractivity contribution in [3.8, 4) is 0 Å². The highest BCUT2D eigenvalue weighted by Crippen LogP contribution is 2.42. The first-order valence-electron chi connectivity index (χ1n) is 7.17. The monoisotopic (exact) mass is 300 g/mol. The molecule has 2 amide bonds. The number of imide groups is 1. The number of benzene rings is 1. The largest absolute Gasteiger partial charge is 0.274 e. The van der Waals surface area contributed by atoms with Gasteiger partial charge >= 0.3 is 0 Å². The highest BCUT2D eigenvalue weighted by molar-refractivity contribution is 6.22. The summed E-state index contributed by atoms with van der Waals surface area (Å²) in [6.07, 6.45) is 1.18. The Kier molecular flexibility index (Phi) is 3.31. The molecule has 0 N–H and O–H groups in total. The molecule has 1 aromatic rings. The number of allylic oxidation sites excluding steroid dienone is 2. The number of non-ortho nitro benzene ring substituents is 1. The van der Waals surface area contributed by atoms with Crippen molar-refractivity contribution in [3.63, 3.8) is 0 Å². The lowest BCUT2D eigenvalue weighted by Gasteiger charge is -2.23. The molecule has 1 heterocycles. The van der Waals surface area contributed by atoms with Crippen molar-refractivity contribution >= 4 is 23.2 Å². The molecule has 1 fully saturated rings. The average molecular weight is 300 g/mol. The van der Waals surface area contributed by atoms with Gasteiger partial charge in [-0.2, -0.15) is 0 Å². The summed E-state index contributed by atoms with van der Waals surface area (Å²) < 4.78 is 0. The molecule has 2 atom stereocenters. The number of carbonyl (C=O) groups excluding carboxylic acids is 2. The summed E-state index contributed by atoms with van der Waals surface area (Å²) >= 11 is 0. The number of carbonyl (C=O) groups is 2. The zero-order valence-corrected chi connectivity index (χ0v) is 12.4. The molecule has 1 saturated heterocycles. The molecular formula is C16H16N2O4. The van der Waals surface area contributed by atoms with Crippen LogP contribution in [0.2, 0.25) is 0 Å². The SMILES string of the molecule is CC1=C(C)CC2C(=O)N(c3cccc([N+](=O)[O-])c3)C(=O)C2C1. The number of rotatable bonds is 2. The van der Waals surface area contributed by atoms with E-state index in [-0.39, 0.29) is 35.0 Å². The first kappa shape index (κ1) is 14.4. The van der Waals surface area contributed by atoms with Crippen LogP contribution in [0.5, 0.6) is 0 Å². The van der Waals surface area contributed by atoms with Gasteiger partial charge in [-0.15, -0.1) is 0 Å². The van der Waals surface area contributed by atoms with E-state index in [2.05, 4.69) is 0 Å². The second-order valence-electron chi connectivity index (χ2n) is 5.97. The third-order valence-corrected chi connectivity index (χ3v) is 4.64. The minimum absolute atomic E-state index is 0.126. The highest BCUT2D eigenvalue weighted by atomic mass is 16.6. The fourth-order valence-electron chi connectivity index (χ4n) is 3.25. The van der Waals surface area contributed by atoms with Gasteiger partial charge in [0.05, 0.1) is 22.4 Å². The minimum atomic E-state index is -0.530. The Hall–Kier alpha value is -2.50. The molecule has 1 aromatic carbocycles. The number of nitrogens with zero attached hydrogens (tertiary/aromatic N) is 2. The molecular weight excluding hydrogens is 284 g/mol. The standard InChI is InChI=1S/C16H16N2O4/c1-9-6-13-14(7-10(9)2)16(20)17(15(13)19)11-4-3-5-12(8-11)18(21)22/h3-5,8,13-14H,6-7H2,1-2H3. The van der Waals surface area contributed by atoms with Crippen molar-refractivity contribution in [3.05, 3.63) is 45.5 Å². The lowest BCUT2D eigenvalue weighted by molar-refractivity contribution is -0.384. The second-order valence-corrected chi connectivity index (χ2v) is 5.97. The molecule has 0 radical (unpaired) electrons. The van der Waals surface area contributed by atoms with Crippen LogP contribution in [0.4, 0.5) is 11.4 Å². The molecule has 22 heavy (non-hydrogen) atoms. The van der Waals surface area contributed by atoms with Crippen molar-refractivity contribution in [2.75, 3.05) is 4.90 Å². The van der Waals surface area contributed by atoms with Crippen LogP contribution in [-0.2, 0) is 9.59 Å². The summed E-state index contributed by atoms with van der Waals surface area (Å²) in [4.78, 5) is 36.7. The van der Waals surface area contributed by atoms with Gasteiger partial charge in [0.25, 0.3) is 5.69 Å². The molecule has 3 rings (SSSR count). The number of nitro groups is 1. The van der Waals surface area contributed by atoms with Crippen molar-refractivity contribution in [1.29, 1.82) is 0 Å². The van der Waals surface area contributed by atoms with Gasteiger partial charge in [0.15, 0.2) is 0 Å². The summed E-state index contributed by atoms with van der Waals surface area (Å²) in [7, 11) is 0. The van der Waals surface area contributed by atoms with Gasteiger partial charge < -0.3 is 0 Å². The van der Waals surface area contributed by atoms with Crippen molar-refractivity contribution in [1.82, 2.24) is 0 Å². The fourth-order valence-corrected chi connectivity index (χ4v) is 3.25. The van der Waals surface area contributed by atoms with Crippen LogP contribution in [0, 0.1) is 22.0 Å². The molecule has 0 saturated carbocycles. The second kappa shape index (κ2) is 5.05. The molecule has 6 nitrogen and oxygen atoms in total. The molecule has 2 unspecified atom stereocenters. The first-order valence-corrected chi connectivity index (χ1v) is 7.17. The van der Waals surface area contributed by atoms with Gasteiger partial charge in [-0.3, -0.25) is 19.7 Å². The first-order chi connectivity index (χ1) is 10.4. The average Bonchev–Trinajstić information content (AvgIpc) is 2.71. The van der Waals surface area contributed by atoms with Crippen molar-refractivity contribution in [2.45, 2.75) is 26.7 Å². The summed E-state index contributed by atoms with van der Waals surface area (Å²) in [6, 6.07) is 5.68. The van der Waals surface area contributed by atoms with Crippen LogP contribution in [0.1, 0.15) is 26.7 Å². The quantitative estimate of drug-likeness (QED) is 0.364.